The van der Waals surface area contributed by atoms with Gasteiger partial charge in [-0.05, 0) is 63.4 Å². The van der Waals surface area contributed by atoms with Crippen molar-refractivity contribution in [1.29, 1.82) is 0 Å². The lowest BCUT2D eigenvalue weighted by Crippen LogP contribution is -2.58. The summed E-state index contributed by atoms with van der Waals surface area (Å²) in [6, 6.07) is 7.76. The Balaban J connectivity index is 1.14. The van der Waals surface area contributed by atoms with Crippen molar-refractivity contribution in [3.8, 4) is 0 Å². The lowest BCUT2D eigenvalue weighted by Gasteiger charge is -2.47. The van der Waals surface area contributed by atoms with Gasteiger partial charge in [0.2, 0.25) is 5.91 Å². The number of carbonyl (C=O) groups excluding carboxylic acids is 1. The van der Waals surface area contributed by atoms with Gasteiger partial charge in [0, 0.05) is 54.8 Å². The highest BCUT2D eigenvalue weighted by molar-refractivity contribution is 6.33. The predicted molar refractivity (Wildman–Crippen MR) is 157 cm³/mol. The fourth-order valence-electron chi connectivity index (χ4n) is 6.55. The molecule has 3 heterocycles. The van der Waals surface area contributed by atoms with Gasteiger partial charge in [-0.25, -0.2) is 9.37 Å². The number of likely N-dealkylation sites (tertiary alicyclic amines) is 1. The van der Waals surface area contributed by atoms with Crippen LogP contribution in [-0.4, -0.2) is 65.5 Å². The number of piperidine rings is 1. The van der Waals surface area contributed by atoms with E-state index in [2.05, 4.69) is 31.9 Å². The number of rotatable bonds is 7. The molecule has 3 aliphatic rings. The van der Waals surface area contributed by atoms with E-state index in [0.717, 1.165) is 83.5 Å². The van der Waals surface area contributed by atoms with Crippen LogP contribution in [0.3, 0.4) is 0 Å². The largest absolute Gasteiger partial charge is 0.353 e. The Kier molecular flexibility index (Phi) is 9.65. The van der Waals surface area contributed by atoms with E-state index in [1.54, 1.807) is 18.3 Å². The number of nitrogens with zero attached hydrogens (tertiary/aromatic N) is 4. The zero-order chi connectivity index (χ0) is 27.4. The number of aromatic nitrogens is 1. The van der Waals surface area contributed by atoms with Crippen molar-refractivity contribution in [3.63, 3.8) is 0 Å². The lowest BCUT2D eigenvalue weighted by atomic mass is 9.88. The monoisotopic (exact) mass is 575 g/mol. The smallest absolute Gasteiger partial charge is 0.227 e. The van der Waals surface area contributed by atoms with Gasteiger partial charge in [0.05, 0.1) is 16.9 Å². The first-order valence-corrected chi connectivity index (χ1v) is 15.3. The Hall–Kier alpha value is -1.93. The predicted octanol–water partition coefficient (Wildman–Crippen LogP) is 6.61. The van der Waals surface area contributed by atoms with Crippen LogP contribution in [-0.2, 0) is 11.3 Å². The Bertz CT molecular complexity index is 1140. The van der Waals surface area contributed by atoms with Gasteiger partial charge in [0.1, 0.15) is 11.6 Å². The molecule has 9 heteroatoms. The second-order valence-electron chi connectivity index (χ2n) is 11.3. The molecule has 3 fully saturated rings. The molecule has 1 aromatic carbocycles. The summed E-state index contributed by atoms with van der Waals surface area (Å²) >= 11 is 12.6. The molecule has 0 spiro atoms. The van der Waals surface area contributed by atoms with Crippen LogP contribution < -0.4 is 10.2 Å². The van der Waals surface area contributed by atoms with Gasteiger partial charge in [-0.1, -0.05) is 55.5 Å². The highest BCUT2D eigenvalue weighted by Crippen LogP contribution is 2.32. The third-order valence-electron chi connectivity index (χ3n) is 8.80. The van der Waals surface area contributed by atoms with Crippen LogP contribution in [0.4, 0.5) is 15.9 Å². The molecule has 2 aromatic rings. The number of benzene rings is 1. The van der Waals surface area contributed by atoms with Crippen molar-refractivity contribution in [3.05, 3.63) is 51.9 Å². The van der Waals surface area contributed by atoms with Crippen LogP contribution in [0, 0.1) is 11.7 Å². The van der Waals surface area contributed by atoms with Gasteiger partial charge < -0.3 is 10.2 Å². The molecule has 0 radical (unpaired) electrons. The molecule has 1 N–H and O–H groups in total. The molecule has 1 atom stereocenters. The van der Waals surface area contributed by atoms with Crippen LogP contribution in [0.15, 0.2) is 30.5 Å². The summed E-state index contributed by atoms with van der Waals surface area (Å²) in [6.07, 6.45) is 10.4. The minimum atomic E-state index is -0.223. The summed E-state index contributed by atoms with van der Waals surface area (Å²) in [5.74, 6) is 0.759. The molecule has 0 unspecified atom stereocenters. The number of amides is 1. The van der Waals surface area contributed by atoms with Crippen LogP contribution in [0.5, 0.6) is 0 Å². The number of nitrogens with one attached hydrogen (secondary N) is 1. The molecule has 1 saturated carbocycles. The summed E-state index contributed by atoms with van der Waals surface area (Å²) in [5.41, 5.74) is 1.39. The van der Waals surface area contributed by atoms with E-state index in [1.165, 1.54) is 12.5 Å². The standard InChI is InChI=1S/C30H40Cl2FN5O/c1-2-25-20-37(29-27(32)17-24(18-34-29)35-30(39)21-6-4-3-5-7-21)14-15-38(25)26-10-12-36(13-11-26)19-22-8-9-23(31)16-28(22)33/h8-9,16-18,21,25-26H,2-7,10-15,19-20H2,1H3,(H,35,39)/t25-/m0/s1. The zero-order valence-corrected chi connectivity index (χ0v) is 24.4. The Morgan fingerprint density at radius 1 is 1.05 bits per heavy atom. The molecule has 1 aromatic heterocycles. The van der Waals surface area contributed by atoms with Crippen molar-refractivity contribution in [2.45, 2.75) is 76.9 Å². The summed E-state index contributed by atoms with van der Waals surface area (Å²) in [4.78, 5) is 24.6. The average molecular weight is 577 g/mol. The molecule has 1 aliphatic carbocycles. The molecule has 39 heavy (non-hydrogen) atoms. The molecule has 212 valence electrons. The molecule has 2 aliphatic heterocycles. The van der Waals surface area contributed by atoms with E-state index in [9.17, 15) is 9.18 Å². The van der Waals surface area contributed by atoms with Crippen molar-refractivity contribution in [1.82, 2.24) is 14.8 Å². The van der Waals surface area contributed by atoms with Gasteiger partial charge in [-0.2, -0.15) is 0 Å². The maximum Gasteiger partial charge on any atom is 0.227 e. The van der Waals surface area contributed by atoms with Gasteiger partial charge in [-0.15, -0.1) is 0 Å². The van der Waals surface area contributed by atoms with Crippen LogP contribution in [0.25, 0.3) is 0 Å². The Morgan fingerprint density at radius 2 is 1.82 bits per heavy atom. The van der Waals surface area contributed by atoms with Crippen molar-refractivity contribution in [2.24, 2.45) is 5.92 Å². The molecule has 0 bridgehead atoms. The topological polar surface area (TPSA) is 51.7 Å². The number of carbonyl (C=O) groups is 1. The Labute approximate surface area is 241 Å². The van der Waals surface area contributed by atoms with Gasteiger partial charge >= 0.3 is 0 Å². The third kappa shape index (κ3) is 7.05. The summed E-state index contributed by atoms with van der Waals surface area (Å²) < 4.78 is 14.3. The fraction of sp³-hybridized carbons (Fsp3) is 0.600. The SMILES string of the molecule is CC[C@H]1CN(c2ncc(NC(=O)C3CCCCC3)cc2Cl)CCN1C1CCN(Cc2ccc(Cl)cc2F)CC1. The van der Waals surface area contributed by atoms with E-state index in [1.807, 2.05) is 6.07 Å². The van der Waals surface area contributed by atoms with E-state index in [0.29, 0.717) is 39.9 Å². The Morgan fingerprint density at radius 3 is 2.51 bits per heavy atom. The van der Waals surface area contributed by atoms with Crippen molar-refractivity contribution >= 4 is 40.6 Å². The fourth-order valence-corrected chi connectivity index (χ4v) is 6.99. The maximum absolute atomic E-state index is 14.3. The van der Waals surface area contributed by atoms with Gasteiger partial charge in [0.25, 0.3) is 0 Å². The zero-order valence-electron chi connectivity index (χ0n) is 22.8. The van der Waals surface area contributed by atoms with E-state index in [4.69, 9.17) is 23.2 Å². The quantitative estimate of drug-likeness (QED) is 0.402. The number of piperazine rings is 1. The first-order valence-electron chi connectivity index (χ1n) is 14.5. The number of hydrogen-bond acceptors (Lipinski definition) is 5. The van der Waals surface area contributed by atoms with E-state index >= 15 is 0 Å². The highest BCUT2D eigenvalue weighted by Gasteiger charge is 2.34. The van der Waals surface area contributed by atoms with Crippen molar-refractivity contribution < 1.29 is 9.18 Å². The molecular weight excluding hydrogens is 536 g/mol. The molecule has 2 saturated heterocycles. The second kappa shape index (κ2) is 13.2. The minimum Gasteiger partial charge on any atom is -0.353 e. The lowest BCUT2D eigenvalue weighted by molar-refractivity contribution is -0.120. The molecule has 6 nitrogen and oxygen atoms in total. The van der Waals surface area contributed by atoms with Crippen LogP contribution in [0.1, 0.15) is 63.9 Å². The summed E-state index contributed by atoms with van der Waals surface area (Å²) in [6.45, 7) is 7.52. The molecule has 1 amide bonds. The first-order chi connectivity index (χ1) is 18.9. The third-order valence-corrected chi connectivity index (χ3v) is 9.31. The normalized spacial score (nSPS) is 22.3. The van der Waals surface area contributed by atoms with Crippen LogP contribution in [0.2, 0.25) is 10.0 Å². The number of halogens is 3. The van der Waals surface area contributed by atoms with E-state index < -0.39 is 0 Å². The highest BCUT2D eigenvalue weighted by atomic mass is 35.5. The molecular formula is C30H40Cl2FN5O. The van der Waals surface area contributed by atoms with Crippen molar-refractivity contribution in [2.75, 3.05) is 42.9 Å². The minimum absolute atomic E-state index is 0.0873. The van der Waals surface area contributed by atoms with Gasteiger partial charge in [-0.3, -0.25) is 14.6 Å². The number of hydrogen-bond donors (Lipinski definition) is 1. The first kappa shape index (κ1) is 28.6. The average Bonchev–Trinajstić information content (AvgIpc) is 2.95. The number of pyridine rings is 1. The molecule has 5 rings (SSSR count). The maximum atomic E-state index is 14.3. The van der Waals surface area contributed by atoms with E-state index in [-0.39, 0.29) is 17.6 Å². The van der Waals surface area contributed by atoms with Crippen LogP contribution >= 0.6 is 23.2 Å². The number of anilines is 2. The summed E-state index contributed by atoms with van der Waals surface area (Å²) in [5, 5.41) is 4.06. The van der Waals surface area contributed by atoms with Gasteiger partial charge in [0.15, 0.2) is 0 Å². The second-order valence-corrected chi connectivity index (χ2v) is 12.2. The summed E-state index contributed by atoms with van der Waals surface area (Å²) in [7, 11) is 0.